The molecule has 7 nitrogen and oxygen atoms in total. The van der Waals surface area contributed by atoms with Crippen LogP contribution in [0.2, 0.25) is 0 Å². The summed E-state index contributed by atoms with van der Waals surface area (Å²) in [5, 5.41) is 13.3. The number of amides is 1. The third kappa shape index (κ3) is 4.18. The lowest BCUT2D eigenvalue weighted by Crippen LogP contribution is -2.22. The number of benzene rings is 2. The monoisotopic (exact) mass is 364 g/mol. The van der Waals surface area contributed by atoms with Gasteiger partial charge in [-0.3, -0.25) is 14.9 Å². The molecule has 0 saturated carbocycles. The van der Waals surface area contributed by atoms with Crippen molar-refractivity contribution in [1.29, 1.82) is 0 Å². The highest BCUT2D eigenvalue weighted by atomic mass is 19.1. The molecule has 1 amide bonds. The molecule has 1 N–H and O–H groups in total. The van der Waals surface area contributed by atoms with Crippen LogP contribution in [0.4, 0.5) is 20.2 Å². The van der Waals surface area contributed by atoms with Crippen molar-refractivity contribution >= 4 is 23.3 Å². The number of hydrogen-bond donors (Lipinski definition) is 1. The predicted octanol–water partition coefficient (Wildman–Crippen LogP) is 3.29. The number of anilines is 1. The molecule has 0 fully saturated rings. The maximum atomic E-state index is 13.5. The molecule has 2 aromatic carbocycles. The Morgan fingerprint density at radius 3 is 2.31 bits per heavy atom. The Bertz CT molecular complexity index is 879. The van der Waals surface area contributed by atoms with Gasteiger partial charge in [0.25, 0.3) is 11.6 Å². The molecule has 0 saturated heterocycles. The molecule has 0 heterocycles. The van der Waals surface area contributed by atoms with Gasteiger partial charge in [-0.25, -0.2) is 13.6 Å². The summed E-state index contributed by atoms with van der Waals surface area (Å²) in [7, 11) is 0. The van der Waals surface area contributed by atoms with Crippen LogP contribution in [0.15, 0.2) is 30.3 Å². The Kier molecular flexibility index (Phi) is 5.61. The van der Waals surface area contributed by atoms with Crippen molar-refractivity contribution in [3.63, 3.8) is 0 Å². The molecular weight excluding hydrogens is 350 g/mol. The van der Waals surface area contributed by atoms with Crippen LogP contribution >= 0.6 is 0 Å². The number of nitrogens with one attached hydrogen (secondary N) is 1. The second-order valence-electron chi connectivity index (χ2n) is 5.43. The third-order valence-corrected chi connectivity index (χ3v) is 3.58. The highest BCUT2D eigenvalue weighted by Gasteiger charge is 2.21. The van der Waals surface area contributed by atoms with Crippen molar-refractivity contribution in [2.45, 2.75) is 13.8 Å². The van der Waals surface area contributed by atoms with E-state index in [4.69, 9.17) is 0 Å². The van der Waals surface area contributed by atoms with E-state index >= 15 is 0 Å². The Morgan fingerprint density at radius 2 is 1.73 bits per heavy atom. The Morgan fingerprint density at radius 1 is 1.15 bits per heavy atom. The van der Waals surface area contributed by atoms with E-state index in [1.54, 1.807) is 13.8 Å². The van der Waals surface area contributed by atoms with Crippen LogP contribution in [0.25, 0.3) is 0 Å². The number of aryl methyl sites for hydroxylation is 2. The number of nitro groups is 1. The molecular formula is C17H14F2N2O5. The SMILES string of the molecule is Cc1cc(NC(=O)COC(=O)c2c(F)cccc2F)c([N+](=O)[O-])cc1C. The molecule has 2 rings (SSSR count). The zero-order valence-electron chi connectivity index (χ0n) is 13.8. The number of rotatable bonds is 5. The van der Waals surface area contributed by atoms with Crippen LogP contribution < -0.4 is 5.32 Å². The Balaban J connectivity index is 2.09. The van der Waals surface area contributed by atoms with Gasteiger partial charge < -0.3 is 10.1 Å². The minimum Gasteiger partial charge on any atom is -0.452 e. The molecule has 0 unspecified atom stereocenters. The minimum atomic E-state index is -1.36. The number of esters is 1. The van der Waals surface area contributed by atoms with Gasteiger partial charge in [0.1, 0.15) is 22.9 Å². The first-order valence-corrected chi connectivity index (χ1v) is 7.37. The lowest BCUT2D eigenvalue weighted by atomic mass is 10.1. The standard InChI is InChI=1S/C17H14F2N2O5/c1-9-6-13(14(21(24)25)7-10(9)2)20-15(22)8-26-17(23)16-11(18)4-3-5-12(16)19/h3-7H,8H2,1-2H3,(H,20,22). The molecule has 0 spiro atoms. The number of carbonyl (C=O) groups is 2. The zero-order valence-corrected chi connectivity index (χ0v) is 13.8. The summed E-state index contributed by atoms with van der Waals surface area (Å²) in [5.74, 6) is -4.49. The molecule has 0 aliphatic rings. The normalized spacial score (nSPS) is 10.3. The van der Waals surface area contributed by atoms with Gasteiger partial charge in [0.05, 0.1) is 4.92 Å². The molecule has 0 aliphatic heterocycles. The second kappa shape index (κ2) is 7.68. The Labute approximate surface area is 146 Å². The number of ether oxygens (including phenoxy) is 1. The molecule has 0 aromatic heterocycles. The number of carbonyl (C=O) groups excluding carboxylic acids is 2. The van der Waals surface area contributed by atoms with Crippen LogP contribution in [0, 0.1) is 35.6 Å². The summed E-state index contributed by atoms with van der Waals surface area (Å²) >= 11 is 0. The fourth-order valence-electron chi connectivity index (χ4n) is 2.13. The van der Waals surface area contributed by atoms with Gasteiger partial charge in [-0.15, -0.1) is 0 Å². The molecule has 0 bridgehead atoms. The summed E-state index contributed by atoms with van der Waals surface area (Å²) in [6.07, 6.45) is 0. The largest absolute Gasteiger partial charge is 0.452 e. The average Bonchev–Trinajstić information content (AvgIpc) is 2.55. The molecule has 9 heteroatoms. The second-order valence-corrected chi connectivity index (χ2v) is 5.43. The van der Waals surface area contributed by atoms with Crippen LogP contribution in [0.1, 0.15) is 21.5 Å². The van der Waals surface area contributed by atoms with Crippen LogP contribution in [-0.4, -0.2) is 23.4 Å². The first kappa shape index (κ1) is 19.0. The van der Waals surface area contributed by atoms with E-state index in [1.165, 1.54) is 12.1 Å². The molecule has 0 aliphatic carbocycles. The first-order valence-electron chi connectivity index (χ1n) is 7.37. The third-order valence-electron chi connectivity index (χ3n) is 3.58. The maximum Gasteiger partial charge on any atom is 0.344 e. The van der Waals surface area contributed by atoms with Crippen LogP contribution in [-0.2, 0) is 9.53 Å². The highest BCUT2D eigenvalue weighted by Crippen LogP contribution is 2.27. The van der Waals surface area contributed by atoms with Gasteiger partial charge in [0, 0.05) is 6.07 Å². The zero-order chi connectivity index (χ0) is 19.4. The van der Waals surface area contributed by atoms with Crippen molar-refractivity contribution in [2.75, 3.05) is 11.9 Å². The summed E-state index contributed by atoms with van der Waals surface area (Å²) in [6, 6.07) is 5.53. The summed E-state index contributed by atoms with van der Waals surface area (Å²) < 4.78 is 31.5. The van der Waals surface area contributed by atoms with E-state index in [2.05, 4.69) is 10.1 Å². The summed E-state index contributed by atoms with van der Waals surface area (Å²) in [4.78, 5) is 34.0. The van der Waals surface area contributed by atoms with Gasteiger partial charge in [0.15, 0.2) is 6.61 Å². The van der Waals surface area contributed by atoms with Crippen LogP contribution in [0.3, 0.4) is 0 Å². The van der Waals surface area contributed by atoms with Gasteiger partial charge in [-0.2, -0.15) is 0 Å². The van der Waals surface area contributed by atoms with E-state index in [0.29, 0.717) is 11.1 Å². The fourth-order valence-corrected chi connectivity index (χ4v) is 2.13. The van der Waals surface area contributed by atoms with E-state index in [9.17, 15) is 28.5 Å². The lowest BCUT2D eigenvalue weighted by molar-refractivity contribution is -0.384. The van der Waals surface area contributed by atoms with Gasteiger partial charge in [-0.05, 0) is 43.2 Å². The minimum absolute atomic E-state index is 0.0729. The summed E-state index contributed by atoms with van der Waals surface area (Å²) in [6.45, 7) is 2.52. The van der Waals surface area contributed by atoms with Gasteiger partial charge in [-0.1, -0.05) is 6.07 Å². The van der Waals surface area contributed by atoms with E-state index in [0.717, 1.165) is 18.2 Å². The van der Waals surface area contributed by atoms with Crippen LogP contribution in [0.5, 0.6) is 0 Å². The molecule has 0 atom stereocenters. The van der Waals surface area contributed by atoms with Crippen molar-refractivity contribution in [3.05, 3.63) is 68.8 Å². The lowest BCUT2D eigenvalue weighted by Gasteiger charge is -2.10. The average molecular weight is 364 g/mol. The van der Waals surface area contributed by atoms with Crippen molar-refractivity contribution in [2.24, 2.45) is 0 Å². The molecule has 136 valence electrons. The number of nitro benzene ring substituents is 1. The van der Waals surface area contributed by atoms with E-state index in [1.807, 2.05) is 0 Å². The quantitative estimate of drug-likeness (QED) is 0.499. The van der Waals surface area contributed by atoms with Crippen molar-refractivity contribution in [1.82, 2.24) is 0 Å². The fraction of sp³-hybridized carbons (Fsp3) is 0.176. The maximum absolute atomic E-state index is 13.5. The number of halogens is 2. The van der Waals surface area contributed by atoms with Crippen molar-refractivity contribution < 1.29 is 28.0 Å². The predicted molar refractivity (Wildman–Crippen MR) is 87.8 cm³/mol. The molecule has 2 aromatic rings. The number of hydrogen-bond acceptors (Lipinski definition) is 5. The van der Waals surface area contributed by atoms with E-state index < -0.39 is 40.6 Å². The first-order chi connectivity index (χ1) is 12.2. The number of nitrogens with zero attached hydrogens (tertiary/aromatic N) is 1. The highest BCUT2D eigenvalue weighted by molar-refractivity contribution is 5.97. The Hall–Kier alpha value is -3.36. The topological polar surface area (TPSA) is 98.5 Å². The van der Waals surface area contributed by atoms with E-state index in [-0.39, 0.29) is 11.4 Å². The molecule has 0 radical (unpaired) electrons. The van der Waals surface area contributed by atoms with Gasteiger partial charge >= 0.3 is 5.97 Å². The molecule has 26 heavy (non-hydrogen) atoms. The smallest absolute Gasteiger partial charge is 0.344 e. The van der Waals surface area contributed by atoms with Crippen molar-refractivity contribution in [3.8, 4) is 0 Å². The summed E-state index contributed by atoms with van der Waals surface area (Å²) in [5.41, 5.74) is 0.0501. The van der Waals surface area contributed by atoms with Gasteiger partial charge in [0.2, 0.25) is 0 Å².